The van der Waals surface area contributed by atoms with Gasteiger partial charge in [-0.3, -0.25) is 9.48 Å². The highest BCUT2D eigenvalue weighted by atomic mass is 32.1. The van der Waals surface area contributed by atoms with E-state index >= 15 is 0 Å². The van der Waals surface area contributed by atoms with Crippen molar-refractivity contribution in [2.45, 2.75) is 32.8 Å². The van der Waals surface area contributed by atoms with Gasteiger partial charge in [-0.25, -0.2) is 4.98 Å². The number of nitrogens with one attached hydrogen (secondary N) is 1. The van der Waals surface area contributed by atoms with Crippen LogP contribution in [0.2, 0.25) is 0 Å². The van der Waals surface area contributed by atoms with Gasteiger partial charge in [0.2, 0.25) is 0 Å². The van der Waals surface area contributed by atoms with Crippen LogP contribution in [0.1, 0.15) is 37.7 Å². The van der Waals surface area contributed by atoms with Gasteiger partial charge in [0.1, 0.15) is 10.7 Å². The molecule has 0 fully saturated rings. The van der Waals surface area contributed by atoms with Crippen LogP contribution in [0, 0.1) is 5.92 Å². The first-order valence-corrected chi connectivity index (χ1v) is 8.16. The number of thiazole rings is 1. The molecule has 2 aromatic heterocycles. The van der Waals surface area contributed by atoms with E-state index in [1.54, 1.807) is 23.2 Å². The average molecular weight is 322 g/mol. The zero-order valence-corrected chi connectivity index (χ0v) is 14.1. The first-order valence-electron chi connectivity index (χ1n) is 7.28. The van der Waals surface area contributed by atoms with Gasteiger partial charge in [-0.2, -0.15) is 5.10 Å². The molecule has 2 atom stereocenters. The van der Waals surface area contributed by atoms with Crippen molar-refractivity contribution in [1.29, 1.82) is 0 Å². The number of carbonyl (C=O) groups is 1. The monoisotopic (exact) mass is 322 g/mol. The summed E-state index contributed by atoms with van der Waals surface area (Å²) >= 11 is 1.40. The van der Waals surface area contributed by atoms with E-state index in [1.807, 2.05) is 27.1 Å². The van der Waals surface area contributed by atoms with Gasteiger partial charge in [0.15, 0.2) is 0 Å². The van der Waals surface area contributed by atoms with Crippen molar-refractivity contribution in [3.05, 3.63) is 23.5 Å². The van der Waals surface area contributed by atoms with Gasteiger partial charge >= 0.3 is 0 Å². The summed E-state index contributed by atoms with van der Waals surface area (Å²) in [6.07, 6.45) is 4.42. The van der Waals surface area contributed by atoms with E-state index in [4.69, 9.17) is 0 Å². The van der Waals surface area contributed by atoms with Gasteiger partial charge in [-0.15, -0.1) is 11.3 Å². The number of aryl methyl sites for hydroxylation is 1. The highest BCUT2D eigenvalue weighted by Gasteiger charge is 2.28. The van der Waals surface area contributed by atoms with Gasteiger partial charge < -0.3 is 10.4 Å². The summed E-state index contributed by atoms with van der Waals surface area (Å²) in [4.78, 5) is 16.5. The SMILES string of the molecule is CCC(C)C(C)(O)CNC(=O)c1csc(-c2cnn(C)c2)n1. The lowest BCUT2D eigenvalue weighted by Crippen LogP contribution is -2.45. The second-order valence-electron chi connectivity index (χ2n) is 5.79. The number of rotatable bonds is 6. The first-order chi connectivity index (χ1) is 10.3. The Balaban J connectivity index is 2.01. The predicted octanol–water partition coefficient (Wildman–Crippen LogP) is 2.07. The van der Waals surface area contributed by atoms with Crippen LogP contribution in [-0.4, -0.2) is 37.9 Å². The lowest BCUT2D eigenvalue weighted by Gasteiger charge is -2.29. The smallest absolute Gasteiger partial charge is 0.270 e. The summed E-state index contributed by atoms with van der Waals surface area (Å²) in [5.41, 5.74) is 0.328. The predicted molar refractivity (Wildman–Crippen MR) is 86.7 cm³/mol. The number of nitrogens with zero attached hydrogens (tertiary/aromatic N) is 3. The van der Waals surface area contributed by atoms with E-state index < -0.39 is 5.60 Å². The van der Waals surface area contributed by atoms with Gasteiger partial charge in [0.25, 0.3) is 5.91 Å². The van der Waals surface area contributed by atoms with Crippen LogP contribution in [0.3, 0.4) is 0 Å². The largest absolute Gasteiger partial charge is 0.388 e. The maximum Gasteiger partial charge on any atom is 0.270 e. The molecule has 0 aliphatic carbocycles. The van der Waals surface area contributed by atoms with Gasteiger partial charge in [-0.1, -0.05) is 20.3 Å². The summed E-state index contributed by atoms with van der Waals surface area (Å²) in [5.74, 6) is -0.163. The Morgan fingerprint density at radius 1 is 1.59 bits per heavy atom. The minimum absolute atomic E-state index is 0.106. The van der Waals surface area contributed by atoms with Crippen molar-refractivity contribution < 1.29 is 9.90 Å². The number of aliphatic hydroxyl groups is 1. The molecule has 2 heterocycles. The van der Waals surface area contributed by atoms with Crippen LogP contribution in [0.4, 0.5) is 0 Å². The van der Waals surface area contributed by atoms with Crippen molar-refractivity contribution in [3.8, 4) is 10.6 Å². The van der Waals surface area contributed by atoms with E-state index in [2.05, 4.69) is 15.4 Å². The third-order valence-electron chi connectivity index (χ3n) is 3.97. The van der Waals surface area contributed by atoms with E-state index in [-0.39, 0.29) is 18.4 Å². The van der Waals surface area contributed by atoms with Crippen LogP contribution in [0.15, 0.2) is 17.8 Å². The molecule has 1 amide bonds. The van der Waals surface area contributed by atoms with Crippen LogP contribution < -0.4 is 5.32 Å². The normalized spacial score (nSPS) is 15.3. The van der Waals surface area contributed by atoms with Gasteiger partial charge in [-0.05, 0) is 12.8 Å². The Bertz CT molecular complexity index is 648. The minimum atomic E-state index is -0.924. The molecular formula is C15H22N4O2S. The fourth-order valence-corrected chi connectivity index (χ4v) is 2.78. The number of amides is 1. The third kappa shape index (κ3) is 3.72. The fourth-order valence-electron chi connectivity index (χ4n) is 2.01. The van der Waals surface area contributed by atoms with Crippen molar-refractivity contribution in [2.75, 3.05) is 6.54 Å². The number of hydrogen-bond acceptors (Lipinski definition) is 5. The number of hydrogen-bond donors (Lipinski definition) is 2. The molecule has 0 radical (unpaired) electrons. The molecule has 2 N–H and O–H groups in total. The lowest BCUT2D eigenvalue weighted by atomic mass is 9.88. The topological polar surface area (TPSA) is 80.0 Å². The maximum atomic E-state index is 12.2. The average Bonchev–Trinajstić information content (AvgIpc) is 3.12. The molecule has 0 saturated heterocycles. The second-order valence-corrected chi connectivity index (χ2v) is 6.65. The molecule has 0 aliphatic rings. The molecule has 7 heteroatoms. The van der Waals surface area contributed by atoms with Crippen LogP contribution in [0.25, 0.3) is 10.6 Å². The molecule has 6 nitrogen and oxygen atoms in total. The number of aromatic nitrogens is 3. The Morgan fingerprint density at radius 2 is 2.32 bits per heavy atom. The van der Waals surface area contributed by atoms with E-state index in [1.165, 1.54) is 11.3 Å². The molecule has 0 aromatic carbocycles. The summed E-state index contributed by atoms with van der Waals surface area (Å²) in [6, 6.07) is 0. The zero-order valence-electron chi connectivity index (χ0n) is 13.3. The second kappa shape index (κ2) is 6.58. The highest BCUT2D eigenvalue weighted by molar-refractivity contribution is 7.13. The van der Waals surface area contributed by atoms with Crippen LogP contribution in [-0.2, 0) is 7.05 Å². The Morgan fingerprint density at radius 3 is 2.91 bits per heavy atom. The van der Waals surface area contributed by atoms with Crippen molar-refractivity contribution in [1.82, 2.24) is 20.1 Å². The zero-order chi connectivity index (χ0) is 16.3. The van der Waals surface area contributed by atoms with Crippen molar-refractivity contribution in [2.24, 2.45) is 13.0 Å². The fraction of sp³-hybridized carbons (Fsp3) is 0.533. The lowest BCUT2D eigenvalue weighted by molar-refractivity contribution is 0.00589. The molecule has 0 spiro atoms. The van der Waals surface area contributed by atoms with E-state index in [9.17, 15) is 9.90 Å². The molecular weight excluding hydrogens is 300 g/mol. The maximum absolute atomic E-state index is 12.2. The van der Waals surface area contributed by atoms with Gasteiger partial charge in [0, 0.05) is 30.7 Å². The van der Waals surface area contributed by atoms with E-state index in [0.717, 1.165) is 17.0 Å². The van der Waals surface area contributed by atoms with Crippen molar-refractivity contribution in [3.63, 3.8) is 0 Å². The summed E-state index contributed by atoms with van der Waals surface area (Å²) < 4.78 is 1.69. The molecule has 0 saturated carbocycles. The molecule has 0 aliphatic heterocycles. The first kappa shape index (κ1) is 16.6. The molecule has 2 unspecified atom stereocenters. The Labute approximate surface area is 134 Å². The highest BCUT2D eigenvalue weighted by Crippen LogP contribution is 2.23. The molecule has 22 heavy (non-hydrogen) atoms. The van der Waals surface area contributed by atoms with Crippen LogP contribution in [0.5, 0.6) is 0 Å². The summed E-state index contributed by atoms with van der Waals surface area (Å²) in [5, 5.41) is 19.6. The Kier molecular flexibility index (Phi) is 4.97. The van der Waals surface area contributed by atoms with Crippen LogP contribution >= 0.6 is 11.3 Å². The minimum Gasteiger partial charge on any atom is -0.388 e. The molecule has 120 valence electrons. The summed E-state index contributed by atoms with van der Waals surface area (Å²) in [7, 11) is 1.84. The van der Waals surface area contributed by atoms with Gasteiger partial charge in [0.05, 0.1) is 11.8 Å². The van der Waals surface area contributed by atoms with Crippen molar-refractivity contribution >= 4 is 17.2 Å². The summed E-state index contributed by atoms with van der Waals surface area (Å²) in [6.45, 7) is 5.93. The molecule has 2 rings (SSSR count). The van der Waals surface area contributed by atoms with E-state index in [0.29, 0.717) is 5.69 Å². The quantitative estimate of drug-likeness (QED) is 0.853. The number of carbonyl (C=O) groups excluding carboxylic acids is 1. The molecule has 2 aromatic rings. The molecule has 0 bridgehead atoms. The standard InChI is InChI=1S/C15H22N4O2S/c1-5-10(2)15(3,21)9-16-13(20)12-8-22-14(18-12)11-6-17-19(4)7-11/h6-8,10,21H,5,9H2,1-4H3,(H,16,20). The third-order valence-corrected chi connectivity index (χ3v) is 4.86. The Hall–Kier alpha value is -1.73.